The lowest BCUT2D eigenvalue weighted by molar-refractivity contribution is -0.121. The zero-order valence-electron chi connectivity index (χ0n) is 20.8. The minimum Gasteiger partial charge on any atom is -0.493 e. The van der Waals surface area contributed by atoms with Crippen molar-refractivity contribution in [1.29, 1.82) is 0 Å². The number of para-hydroxylation sites is 1. The second-order valence-corrected chi connectivity index (χ2v) is 10.4. The van der Waals surface area contributed by atoms with Crippen LogP contribution >= 0.6 is 0 Å². The van der Waals surface area contributed by atoms with E-state index in [1.165, 1.54) is 0 Å². The molecule has 0 fully saturated rings. The van der Waals surface area contributed by atoms with Crippen LogP contribution in [0.4, 0.5) is 0 Å². The molecule has 0 bridgehead atoms. The third-order valence-electron chi connectivity index (χ3n) is 6.14. The molecular weight excluding hydrogens is 444 g/mol. The zero-order valence-corrected chi connectivity index (χ0v) is 20.8. The van der Waals surface area contributed by atoms with E-state index in [4.69, 9.17) is 15.2 Å². The normalized spacial score (nSPS) is 21.3. The van der Waals surface area contributed by atoms with Gasteiger partial charge in [-0.3, -0.25) is 14.9 Å². The number of hydrogen-bond acceptors (Lipinski definition) is 6. The molecule has 3 aliphatic rings. The number of aliphatic imine (C=N–C) groups is 1. The van der Waals surface area contributed by atoms with Crippen LogP contribution in [-0.2, 0) is 11.2 Å². The minimum absolute atomic E-state index is 0.0501. The Morgan fingerprint density at radius 3 is 2.66 bits per heavy atom. The molecule has 0 spiro atoms. The number of carbonyl (C=O) groups is 2. The van der Waals surface area contributed by atoms with Gasteiger partial charge in [-0.2, -0.15) is 0 Å². The smallest absolute Gasteiger partial charge is 0.251 e. The predicted molar refractivity (Wildman–Crippen MR) is 135 cm³/mol. The molecule has 2 aromatic rings. The monoisotopic (exact) mass is 478 g/mol. The first-order chi connectivity index (χ1) is 16.5. The Kier molecular flexibility index (Phi) is 6.74. The first-order valence-electron chi connectivity index (χ1n) is 12.0. The van der Waals surface area contributed by atoms with E-state index >= 15 is 0 Å². The van der Waals surface area contributed by atoms with E-state index in [0.29, 0.717) is 12.0 Å². The molecule has 2 amide bonds. The maximum atomic E-state index is 12.8. The molecule has 5 rings (SSSR count). The number of hydrogen-bond donors (Lipinski definition) is 3. The molecule has 3 heterocycles. The van der Waals surface area contributed by atoms with Gasteiger partial charge in [-0.1, -0.05) is 18.2 Å². The van der Waals surface area contributed by atoms with Crippen LogP contribution in [0.25, 0.3) is 0 Å². The number of fused-ring (bicyclic) bond motifs is 2. The van der Waals surface area contributed by atoms with Gasteiger partial charge in [-0.15, -0.1) is 0 Å². The fourth-order valence-corrected chi connectivity index (χ4v) is 4.65. The van der Waals surface area contributed by atoms with Crippen LogP contribution in [0.5, 0.6) is 11.5 Å². The molecule has 4 N–H and O–H groups in total. The number of carbonyl (C=O) groups excluding carboxylic acids is 2. The molecule has 0 aliphatic carbocycles. The fraction of sp³-hybridized carbons (Fsp3) is 0.444. The molecule has 186 valence electrons. The molecule has 0 saturated carbocycles. The lowest BCUT2D eigenvalue weighted by atomic mass is 9.89. The summed E-state index contributed by atoms with van der Waals surface area (Å²) >= 11 is 0. The van der Waals surface area contributed by atoms with Gasteiger partial charge in [0, 0.05) is 17.5 Å². The van der Waals surface area contributed by atoms with Crippen molar-refractivity contribution >= 4 is 17.8 Å². The number of ether oxygens (including phenoxy) is 2. The van der Waals surface area contributed by atoms with Crippen molar-refractivity contribution in [2.75, 3.05) is 6.61 Å². The molecule has 0 radical (unpaired) electrons. The van der Waals surface area contributed by atoms with Crippen LogP contribution in [0.15, 0.2) is 47.5 Å². The van der Waals surface area contributed by atoms with Gasteiger partial charge in [-0.05, 0) is 70.4 Å². The van der Waals surface area contributed by atoms with Gasteiger partial charge >= 0.3 is 0 Å². The highest BCUT2D eigenvalue weighted by molar-refractivity contribution is 5.98. The molecular formula is C27H34N4O4. The standard InChI is InChI=1S/C21H23NO3.C6H11N3O/c1-21(2)13-17(16-7-3-4-8-19(16)25-21)22-20(23)15-9-10-18-14(12-15)6-5-11-24-18;1-6(2)3-4(10)8-5(7)9-6/h3-4,7-10,12,17H,5-6,11,13H2,1-2H3,(H,22,23);3H2,1-2H3,(H3,7,8,9,10). The number of amides is 2. The van der Waals surface area contributed by atoms with Crippen LogP contribution < -0.4 is 25.8 Å². The number of nitrogens with two attached hydrogens (primary N) is 1. The van der Waals surface area contributed by atoms with E-state index in [1.54, 1.807) is 0 Å². The van der Waals surface area contributed by atoms with Crippen molar-refractivity contribution in [2.24, 2.45) is 10.7 Å². The van der Waals surface area contributed by atoms with Crippen molar-refractivity contribution in [2.45, 2.75) is 70.6 Å². The molecule has 2 aromatic carbocycles. The average molecular weight is 479 g/mol. The number of guanidine groups is 1. The van der Waals surface area contributed by atoms with Crippen molar-refractivity contribution in [1.82, 2.24) is 10.6 Å². The summed E-state index contributed by atoms with van der Waals surface area (Å²) in [7, 11) is 0. The molecule has 8 nitrogen and oxygen atoms in total. The van der Waals surface area contributed by atoms with Crippen LogP contribution in [0.2, 0.25) is 0 Å². The van der Waals surface area contributed by atoms with Gasteiger partial charge in [0.05, 0.1) is 24.6 Å². The number of aryl methyl sites for hydroxylation is 1. The number of nitrogens with zero attached hydrogens (tertiary/aromatic N) is 1. The molecule has 0 aromatic heterocycles. The van der Waals surface area contributed by atoms with E-state index in [1.807, 2.05) is 56.3 Å². The summed E-state index contributed by atoms with van der Waals surface area (Å²) < 4.78 is 11.7. The van der Waals surface area contributed by atoms with Gasteiger partial charge in [0.1, 0.15) is 17.1 Å². The van der Waals surface area contributed by atoms with Gasteiger partial charge < -0.3 is 20.5 Å². The minimum atomic E-state index is -0.327. The van der Waals surface area contributed by atoms with Crippen LogP contribution in [0.1, 0.15) is 74.5 Å². The van der Waals surface area contributed by atoms with E-state index in [-0.39, 0.29) is 35.0 Å². The van der Waals surface area contributed by atoms with E-state index in [9.17, 15) is 9.59 Å². The third-order valence-corrected chi connectivity index (χ3v) is 6.14. The van der Waals surface area contributed by atoms with Gasteiger partial charge in [-0.25, -0.2) is 4.99 Å². The summed E-state index contributed by atoms with van der Waals surface area (Å²) in [5.74, 6) is 1.87. The average Bonchev–Trinajstić information content (AvgIpc) is 2.76. The maximum Gasteiger partial charge on any atom is 0.251 e. The van der Waals surface area contributed by atoms with Crippen LogP contribution in [0.3, 0.4) is 0 Å². The second-order valence-electron chi connectivity index (χ2n) is 10.4. The third kappa shape index (κ3) is 6.12. The lowest BCUT2D eigenvalue weighted by Crippen LogP contribution is -2.46. The molecule has 35 heavy (non-hydrogen) atoms. The number of rotatable bonds is 2. The first kappa shape index (κ1) is 24.6. The molecule has 3 aliphatic heterocycles. The Bertz CT molecular complexity index is 1160. The molecule has 1 atom stereocenters. The largest absolute Gasteiger partial charge is 0.493 e. The summed E-state index contributed by atoms with van der Waals surface area (Å²) in [6.07, 6.45) is 3.11. The van der Waals surface area contributed by atoms with Gasteiger partial charge in [0.15, 0.2) is 5.96 Å². The van der Waals surface area contributed by atoms with E-state index in [2.05, 4.69) is 29.5 Å². The van der Waals surface area contributed by atoms with Crippen molar-refractivity contribution in [3.63, 3.8) is 0 Å². The van der Waals surface area contributed by atoms with Crippen LogP contribution in [-0.4, -0.2) is 35.5 Å². The summed E-state index contributed by atoms with van der Waals surface area (Å²) in [5, 5.41) is 5.62. The highest BCUT2D eigenvalue weighted by Gasteiger charge is 2.34. The second kappa shape index (κ2) is 9.60. The molecule has 1 unspecified atom stereocenters. The van der Waals surface area contributed by atoms with Gasteiger partial charge in [0.25, 0.3) is 5.91 Å². The Labute approximate surface area is 206 Å². The Hall–Kier alpha value is -3.55. The van der Waals surface area contributed by atoms with Gasteiger partial charge in [0.2, 0.25) is 5.91 Å². The van der Waals surface area contributed by atoms with Crippen molar-refractivity contribution in [3.8, 4) is 11.5 Å². The summed E-state index contributed by atoms with van der Waals surface area (Å²) in [6, 6.07) is 13.6. The summed E-state index contributed by atoms with van der Waals surface area (Å²) in [5.41, 5.74) is 7.52. The molecule has 0 saturated heterocycles. The van der Waals surface area contributed by atoms with Crippen molar-refractivity contribution in [3.05, 3.63) is 59.2 Å². The maximum absolute atomic E-state index is 12.8. The van der Waals surface area contributed by atoms with Crippen molar-refractivity contribution < 1.29 is 19.1 Å². The quantitative estimate of drug-likeness (QED) is 0.610. The SMILES string of the molecule is CC1(C)CC(=O)NC(N)=N1.CC1(C)CC(NC(=O)c2ccc3c(c2)CCCO3)c2ccccc2O1. The first-order valence-corrected chi connectivity index (χ1v) is 12.0. The topological polar surface area (TPSA) is 115 Å². The zero-order chi connectivity index (χ0) is 25.2. The van der Waals surface area contributed by atoms with E-state index in [0.717, 1.165) is 48.5 Å². The Morgan fingerprint density at radius 1 is 1.14 bits per heavy atom. The Morgan fingerprint density at radius 2 is 1.91 bits per heavy atom. The highest BCUT2D eigenvalue weighted by atomic mass is 16.5. The fourth-order valence-electron chi connectivity index (χ4n) is 4.65. The Balaban J connectivity index is 0.000000243. The number of benzene rings is 2. The number of nitrogens with one attached hydrogen (secondary N) is 2. The van der Waals surface area contributed by atoms with E-state index < -0.39 is 0 Å². The molecule has 8 heteroatoms. The lowest BCUT2D eigenvalue weighted by Gasteiger charge is -2.37. The summed E-state index contributed by atoms with van der Waals surface area (Å²) in [4.78, 5) is 27.7. The summed E-state index contributed by atoms with van der Waals surface area (Å²) in [6.45, 7) is 8.61. The highest BCUT2D eigenvalue weighted by Crippen LogP contribution is 2.39. The predicted octanol–water partition coefficient (Wildman–Crippen LogP) is 3.64. The van der Waals surface area contributed by atoms with Crippen LogP contribution in [0, 0.1) is 0 Å².